The minimum absolute atomic E-state index is 0.0747. The fraction of sp³-hybridized carbons (Fsp3) is 0.533. The molecule has 0 unspecified atom stereocenters. The molecule has 0 saturated heterocycles. The average Bonchev–Trinajstić information content (AvgIpc) is 2.37. The third-order valence-corrected chi connectivity index (χ3v) is 2.73. The quantitative estimate of drug-likeness (QED) is 0.856. The summed E-state index contributed by atoms with van der Waals surface area (Å²) in [4.78, 5) is 13.0. The molecule has 0 radical (unpaired) electrons. The van der Waals surface area contributed by atoms with Crippen molar-refractivity contribution < 1.29 is 27.4 Å². The maximum Gasteiger partial charge on any atom is 0.416 e. The summed E-state index contributed by atoms with van der Waals surface area (Å²) in [5.41, 5.74) is 3.99. The minimum atomic E-state index is -4.45. The molecule has 0 aliphatic heterocycles. The van der Waals surface area contributed by atoms with E-state index < -0.39 is 23.4 Å². The molecule has 0 aliphatic carbocycles. The number of hydrogen-bond acceptors (Lipinski definition) is 4. The van der Waals surface area contributed by atoms with E-state index in [0.29, 0.717) is 0 Å². The van der Waals surface area contributed by atoms with Gasteiger partial charge in [-0.3, -0.25) is 0 Å². The number of nitrogen functional groups attached to an aromatic ring is 1. The first-order valence-electron chi connectivity index (χ1n) is 6.94. The van der Waals surface area contributed by atoms with Crippen LogP contribution in [0.3, 0.4) is 0 Å². The topological polar surface area (TPSA) is 64.8 Å². The zero-order chi connectivity index (χ0) is 17.8. The highest BCUT2D eigenvalue weighted by molar-refractivity contribution is 5.67. The molecule has 2 N–H and O–H groups in total. The second kappa shape index (κ2) is 6.97. The number of halogens is 3. The molecule has 1 aromatic rings. The second-order valence-electron chi connectivity index (χ2n) is 6.00. The largest absolute Gasteiger partial charge is 0.490 e. The van der Waals surface area contributed by atoms with Gasteiger partial charge >= 0.3 is 12.3 Å². The van der Waals surface area contributed by atoms with Gasteiger partial charge in [0.15, 0.2) is 0 Å². The van der Waals surface area contributed by atoms with E-state index in [9.17, 15) is 18.0 Å². The number of amides is 1. The molecule has 0 saturated carbocycles. The fourth-order valence-corrected chi connectivity index (χ4v) is 1.58. The molecule has 0 atom stereocenters. The molecule has 130 valence electrons. The predicted molar refractivity (Wildman–Crippen MR) is 80.2 cm³/mol. The lowest BCUT2D eigenvalue weighted by molar-refractivity contribution is -0.137. The van der Waals surface area contributed by atoms with E-state index in [0.717, 1.165) is 18.2 Å². The van der Waals surface area contributed by atoms with Gasteiger partial charge in [0.1, 0.15) is 18.0 Å². The number of carbonyl (C=O) groups is 1. The highest BCUT2D eigenvalue weighted by atomic mass is 19.4. The van der Waals surface area contributed by atoms with Crippen molar-refractivity contribution in [3.05, 3.63) is 23.8 Å². The summed E-state index contributed by atoms with van der Waals surface area (Å²) < 4.78 is 48.1. The van der Waals surface area contributed by atoms with Gasteiger partial charge in [0, 0.05) is 7.05 Å². The number of nitrogens with zero attached hydrogens (tertiary/aromatic N) is 1. The number of nitrogens with two attached hydrogens (primary N) is 1. The third-order valence-electron chi connectivity index (χ3n) is 2.73. The molecular weight excluding hydrogens is 313 g/mol. The number of hydrogen-bond donors (Lipinski definition) is 1. The van der Waals surface area contributed by atoms with Crippen molar-refractivity contribution in [2.24, 2.45) is 0 Å². The lowest BCUT2D eigenvalue weighted by atomic mass is 10.2. The van der Waals surface area contributed by atoms with Gasteiger partial charge in [-0.25, -0.2) is 4.79 Å². The summed E-state index contributed by atoms with van der Waals surface area (Å²) in [6.07, 6.45) is -4.97. The van der Waals surface area contributed by atoms with E-state index in [4.69, 9.17) is 15.2 Å². The van der Waals surface area contributed by atoms with E-state index in [2.05, 4.69) is 0 Å². The number of ether oxygens (including phenoxy) is 2. The number of rotatable bonds is 4. The molecule has 23 heavy (non-hydrogen) atoms. The van der Waals surface area contributed by atoms with E-state index in [-0.39, 0.29) is 24.6 Å². The first-order chi connectivity index (χ1) is 10.4. The van der Waals surface area contributed by atoms with Crippen LogP contribution >= 0.6 is 0 Å². The Labute approximate surface area is 133 Å². The Bertz CT molecular complexity index is 554. The Morgan fingerprint density at radius 1 is 1.26 bits per heavy atom. The fourth-order valence-electron chi connectivity index (χ4n) is 1.58. The monoisotopic (exact) mass is 334 g/mol. The minimum Gasteiger partial charge on any atom is -0.490 e. The average molecular weight is 334 g/mol. The van der Waals surface area contributed by atoms with Crippen LogP contribution in [0.15, 0.2) is 18.2 Å². The van der Waals surface area contributed by atoms with Crippen molar-refractivity contribution in [3.8, 4) is 5.75 Å². The highest BCUT2D eigenvalue weighted by Gasteiger charge is 2.31. The van der Waals surface area contributed by atoms with Gasteiger partial charge < -0.3 is 20.1 Å². The normalized spacial score (nSPS) is 12.0. The van der Waals surface area contributed by atoms with E-state index >= 15 is 0 Å². The molecule has 0 aromatic heterocycles. The van der Waals surface area contributed by atoms with Crippen LogP contribution in [-0.4, -0.2) is 36.8 Å². The summed E-state index contributed by atoms with van der Waals surface area (Å²) in [5.74, 6) is 0.135. The first-order valence-corrected chi connectivity index (χ1v) is 6.94. The second-order valence-corrected chi connectivity index (χ2v) is 6.00. The number of likely N-dealkylation sites (N-methyl/N-ethyl adjacent to an activating group) is 1. The number of alkyl halides is 3. The van der Waals surface area contributed by atoms with Crippen LogP contribution in [0, 0.1) is 0 Å². The first kappa shape index (κ1) is 18.9. The lowest BCUT2D eigenvalue weighted by Gasteiger charge is -2.24. The van der Waals surface area contributed by atoms with Gasteiger partial charge in [0.05, 0.1) is 17.8 Å². The molecule has 0 aliphatic rings. The van der Waals surface area contributed by atoms with Crippen LogP contribution in [0.4, 0.5) is 23.7 Å². The Morgan fingerprint density at radius 2 is 1.87 bits per heavy atom. The van der Waals surface area contributed by atoms with Gasteiger partial charge in [-0.1, -0.05) is 0 Å². The molecule has 0 fully saturated rings. The molecule has 1 rings (SSSR count). The molecule has 1 amide bonds. The van der Waals surface area contributed by atoms with Crippen molar-refractivity contribution in [1.82, 2.24) is 4.90 Å². The van der Waals surface area contributed by atoms with Crippen LogP contribution in [0.1, 0.15) is 26.3 Å². The van der Waals surface area contributed by atoms with E-state index in [1.165, 1.54) is 11.9 Å². The third kappa shape index (κ3) is 6.25. The maximum atomic E-state index is 12.5. The van der Waals surface area contributed by atoms with Crippen LogP contribution < -0.4 is 10.5 Å². The maximum absolute atomic E-state index is 12.5. The molecule has 1 aromatic carbocycles. The summed E-state index contributed by atoms with van der Waals surface area (Å²) >= 11 is 0. The molecule has 8 heteroatoms. The molecule has 5 nitrogen and oxygen atoms in total. The SMILES string of the molecule is CN(CCOc1ccc(C(F)(F)F)cc1N)C(=O)OC(C)(C)C. The Hall–Kier alpha value is -2.12. The predicted octanol–water partition coefficient (Wildman–Crippen LogP) is 3.53. The number of anilines is 1. The van der Waals surface area contributed by atoms with Gasteiger partial charge in [-0.2, -0.15) is 13.2 Å². The van der Waals surface area contributed by atoms with Gasteiger partial charge in [0.2, 0.25) is 0 Å². The van der Waals surface area contributed by atoms with Crippen molar-refractivity contribution in [1.29, 1.82) is 0 Å². The van der Waals surface area contributed by atoms with Gasteiger partial charge in [-0.05, 0) is 39.0 Å². The van der Waals surface area contributed by atoms with Crippen LogP contribution in [0.2, 0.25) is 0 Å². The standard InChI is InChI=1S/C15H21F3N2O3/c1-14(2,3)23-13(21)20(4)7-8-22-12-6-5-10(9-11(12)19)15(16,17)18/h5-6,9H,7-8,19H2,1-4H3. The number of carbonyl (C=O) groups excluding carboxylic acids is 1. The Kier molecular flexibility index (Phi) is 5.74. The summed E-state index contributed by atoms with van der Waals surface area (Å²) in [5, 5.41) is 0. The Morgan fingerprint density at radius 3 is 2.35 bits per heavy atom. The summed E-state index contributed by atoms with van der Waals surface area (Å²) in [6.45, 7) is 5.52. The van der Waals surface area contributed by atoms with Gasteiger partial charge in [0.25, 0.3) is 0 Å². The van der Waals surface area contributed by atoms with Crippen molar-refractivity contribution >= 4 is 11.8 Å². The van der Waals surface area contributed by atoms with E-state index in [1.54, 1.807) is 20.8 Å². The zero-order valence-electron chi connectivity index (χ0n) is 13.5. The lowest BCUT2D eigenvalue weighted by Crippen LogP contribution is -2.36. The van der Waals surface area contributed by atoms with Crippen LogP contribution in [0.5, 0.6) is 5.75 Å². The molecule has 0 bridgehead atoms. The summed E-state index contributed by atoms with van der Waals surface area (Å²) in [6, 6.07) is 2.86. The Balaban J connectivity index is 2.55. The van der Waals surface area contributed by atoms with Crippen molar-refractivity contribution in [3.63, 3.8) is 0 Å². The van der Waals surface area contributed by atoms with Gasteiger partial charge in [-0.15, -0.1) is 0 Å². The van der Waals surface area contributed by atoms with Crippen molar-refractivity contribution in [2.45, 2.75) is 32.5 Å². The summed E-state index contributed by atoms with van der Waals surface area (Å²) in [7, 11) is 1.54. The van der Waals surface area contributed by atoms with E-state index in [1.807, 2.05) is 0 Å². The molecule has 0 heterocycles. The zero-order valence-corrected chi connectivity index (χ0v) is 13.5. The molecular formula is C15H21F3N2O3. The van der Waals surface area contributed by atoms with Crippen LogP contribution in [-0.2, 0) is 10.9 Å². The smallest absolute Gasteiger partial charge is 0.416 e. The highest BCUT2D eigenvalue weighted by Crippen LogP contribution is 2.33. The van der Waals surface area contributed by atoms with Crippen LogP contribution in [0.25, 0.3) is 0 Å². The number of benzene rings is 1. The van der Waals surface area contributed by atoms with Crippen molar-refractivity contribution in [2.75, 3.05) is 25.9 Å². The molecule has 0 spiro atoms.